The Hall–Kier alpha value is -2.83. The van der Waals surface area contributed by atoms with Crippen LogP contribution in [0.25, 0.3) is 11.3 Å². The van der Waals surface area contributed by atoms with Crippen LogP contribution in [0.4, 0.5) is 5.69 Å². The number of carbonyl (C=O) groups is 2. The van der Waals surface area contributed by atoms with E-state index in [0.717, 1.165) is 12.8 Å². The minimum atomic E-state index is -0.712. The van der Waals surface area contributed by atoms with E-state index in [1.54, 1.807) is 24.4 Å². The van der Waals surface area contributed by atoms with E-state index in [4.69, 9.17) is 9.15 Å². The van der Waals surface area contributed by atoms with Crippen molar-refractivity contribution in [2.24, 2.45) is 0 Å². The van der Waals surface area contributed by atoms with Crippen LogP contribution in [-0.2, 0) is 9.59 Å². The summed E-state index contributed by atoms with van der Waals surface area (Å²) in [5.41, 5.74) is 1.16. The third-order valence-electron chi connectivity index (χ3n) is 3.18. The molecule has 122 valence electrons. The monoisotopic (exact) mass is 317 g/mol. The van der Waals surface area contributed by atoms with E-state index in [9.17, 15) is 9.59 Å². The van der Waals surface area contributed by atoms with E-state index >= 15 is 0 Å². The highest BCUT2D eigenvalue weighted by Gasteiger charge is 2.15. The van der Waals surface area contributed by atoms with Gasteiger partial charge in [0.25, 0.3) is 0 Å². The molecule has 7 heteroatoms. The molecule has 0 aliphatic rings. The fourth-order valence-electron chi connectivity index (χ4n) is 1.97. The minimum absolute atomic E-state index is 0.459. The Bertz CT molecular complexity index is 668. The van der Waals surface area contributed by atoms with Gasteiger partial charge in [0.1, 0.15) is 5.75 Å². The van der Waals surface area contributed by atoms with Gasteiger partial charge in [-0.2, -0.15) is 0 Å². The van der Waals surface area contributed by atoms with Crippen LogP contribution in [0.3, 0.4) is 0 Å². The Morgan fingerprint density at radius 3 is 2.78 bits per heavy atom. The van der Waals surface area contributed by atoms with Gasteiger partial charge in [-0.05, 0) is 18.6 Å². The normalized spacial score (nSPS) is 10.2. The topological polar surface area (TPSA) is 93.5 Å². The van der Waals surface area contributed by atoms with Crippen LogP contribution in [0.1, 0.15) is 19.8 Å². The van der Waals surface area contributed by atoms with E-state index < -0.39 is 11.8 Å². The summed E-state index contributed by atoms with van der Waals surface area (Å²) in [7, 11) is 1.51. The van der Waals surface area contributed by atoms with E-state index in [1.807, 2.05) is 6.92 Å². The number of methoxy groups -OCH3 is 1. The average Bonchev–Trinajstić information content (AvgIpc) is 3.09. The number of amides is 2. The average molecular weight is 317 g/mol. The zero-order valence-electron chi connectivity index (χ0n) is 13.1. The number of ether oxygens (including phenoxy) is 1. The molecule has 0 spiro atoms. The van der Waals surface area contributed by atoms with Crippen molar-refractivity contribution >= 4 is 17.5 Å². The lowest BCUT2D eigenvalue weighted by molar-refractivity contribution is -0.136. The number of nitrogens with one attached hydrogen (secondary N) is 2. The number of nitrogens with zero attached hydrogens (tertiary/aromatic N) is 1. The summed E-state index contributed by atoms with van der Waals surface area (Å²) in [6.45, 7) is 2.49. The second kappa shape index (κ2) is 7.98. The van der Waals surface area contributed by atoms with Gasteiger partial charge >= 0.3 is 11.8 Å². The van der Waals surface area contributed by atoms with Crippen molar-refractivity contribution in [3.8, 4) is 17.1 Å². The van der Waals surface area contributed by atoms with Crippen molar-refractivity contribution in [1.29, 1.82) is 0 Å². The molecular formula is C16H19N3O4. The Labute approximate surface area is 134 Å². The van der Waals surface area contributed by atoms with Crippen molar-refractivity contribution in [2.45, 2.75) is 19.8 Å². The predicted molar refractivity (Wildman–Crippen MR) is 85.0 cm³/mol. The van der Waals surface area contributed by atoms with E-state index in [0.29, 0.717) is 29.3 Å². The first-order valence-electron chi connectivity index (χ1n) is 7.31. The van der Waals surface area contributed by atoms with Gasteiger partial charge in [-0.1, -0.05) is 13.3 Å². The highest BCUT2D eigenvalue weighted by Crippen LogP contribution is 2.32. The first-order chi connectivity index (χ1) is 11.2. The van der Waals surface area contributed by atoms with Crippen molar-refractivity contribution in [3.05, 3.63) is 30.8 Å². The molecule has 0 aliphatic carbocycles. The van der Waals surface area contributed by atoms with Gasteiger partial charge in [0.05, 0.1) is 18.9 Å². The van der Waals surface area contributed by atoms with Gasteiger partial charge in [-0.3, -0.25) is 9.59 Å². The molecule has 0 aliphatic heterocycles. The Morgan fingerprint density at radius 2 is 2.13 bits per heavy atom. The number of hydrogen-bond acceptors (Lipinski definition) is 5. The van der Waals surface area contributed by atoms with Crippen LogP contribution in [0.2, 0.25) is 0 Å². The molecule has 0 atom stereocenters. The molecule has 0 radical (unpaired) electrons. The number of unbranched alkanes of at least 4 members (excludes halogenated alkanes) is 1. The van der Waals surface area contributed by atoms with Crippen molar-refractivity contribution < 1.29 is 18.7 Å². The number of rotatable bonds is 6. The van der Waals surface area contributed by atoms with Gasteiger partial charge in [0.15, 0.2) is 12.2 Å². The van der Waals surface area contributed by atoms with Crippen LogP contribution in [0, 0.1) is 0 Å². The maximum absolute atomic E-state index is 11.8. The van der Waals surface area contributed by atoms with Gasteiger partial charge in [0.2, 0.25) is 0 Å². The Balaban J connectivity index is 2.06. The summed E-state index contributed by atoms with van der Waals surface area (Å²) in [6.07, 6.45) is 4.67. The van der Waals surface area contributed by atoms with Gasteiger partial charge in [0, 0.05) is 18.3 Å². The van der Waals surface area contributed by atoms with Crippen LogP contribution < -0.4 is 15.4 Å². The summed E-state index contributed by atoms with van der Waals surface area (Å²) in [5, 5.41) is 5.10. The maximum Gasteiger partial charge on any atom is 0.313 e. The fraction of sp³-hybridized carbons (Fsp3) is 0.312. The van der Waals surface area contributed by atoms with Crippen LogP contribution in [0.5, 0.6) is 5.75 Å². The molecule has 0 unspecified atom stereocenters. The predicted octanol–water partition coefficient (Wildman–Crippen LogP) is 2.21. The molecule has 2 aromatic rings. The second-order valence-corrected chi connectivity index (χ2v) is 4.84. The summed E-state index contributed by atoms with van der Waals surface area (Å²) < 4.78 is 10.5. The summed E-state index contributed by atoms with van der Waals surface area (Å²) in [5.74, 6) is -0.310. The third kappa shape index (κ3) is 4.32. The molecule has 0 fully saturated rings. The Morgan fingerprint density at radius 1 is 1.30 bits per heavy atom. The van der Waals surface area contributed by atoms with Crippen molar-refractivity contribution in [3.63, 3.8) is 0 Å². The van der Waals surface area contributed by atoms with Crippen LogP contribution in [-0.4, -0.2) is 30.5 Å². The number of hydrogen-bond donors (Lipinski definition) is 2. The van der Waals surface area contributed by atoms with Crippen molar-refractivity contribution in [2.75, 3.05) is 19.0 Å². The molecule has 0 saturated carbocycles. The van der Waals surface area contributed by atoms with E-state index in [2.05, 4.69) is 15.6 Å². The van der Waals surface area contributed by atoms with Crippen molar-refractivity contribution in [1.82, 2.24) is 10.3 Å². The third-order valence-corrected chi connectivity index (χ3v) is 3.18. The molecule has 2 rings (SSSR count). The largest absolute Gasteiger partial charge is 0.496 e. The quantitative estimate of drug-likeness (QED) is 0.629. The lowest BCUT2D eigenvalue weighted by Gasteiger charge is -2.10. The van der Waals surface area contributed by atoms with Crippen LogP contribution >= 0.6 is 0 Å². The molecule has 2 N–H and O–H groups in total. The lowest BCUT2D eigenvalue weighted by atomic mass is 10.1. The zero-order valence-corrected chi connectivity index (χ0v) is 13.1. The number of carbonyl (C=O) groups excluding carboxylic acids is 2. The molecule has 1 aromatic carbocycles. The van der Waals surface area contributed by atoms with Gasteiger partial charge in [-0.25, -0.2) is 4.98 Å². The summed E-state index contributed by atoms with van der Waals surface area (Å²) >= 11 is 0. The zero-order chi connectivity index (χ0) is 16.7. The number of oxazole rings is 1. The summed E-state index contributed by atoms with van der Waals surface area (Å²) in [6, 6.07) is 5.01. The molecule has 2 amide bonds. The van der Waals surface area contributed by atoms with E-state index in [-0.39, 0.29) is 0 Å². The Kier molecular flexibility index (Phi) is 5.74. The second-order valence-electron chi connectivity index (χ2n) is 4.84. The molecule has 1 heterocycles. The maximum atomic E-state index is 11.8. The smallest absolute Gasteiger partial charge is 0.313 e. The fourth-order valence-corrected chi connectivity index (χ4v) is 1.97. The molecule has 0 saturated heterocycles. The highest BCUT2D eigenvalue weighted by atomic mass is 16.5. The molecule has 23 heavy (non-hydrogen) atoms. The standard InChI is InChI=1S/C16H19N3O4/c1-3-4-7-18-15(20)16(21)19-11-5-6-12(13(8-11)22-2)14-9-17-10-23-14/h5-6,8-10H,3-4,7H2,1-2H3,(H,18,20)(H,19,21). The molecule has 0 bridgehead atoms. The first kappa shape index (κ1) is 16.5. The lowest BCUT2D eigenvalue weighted by Crippen LogP contribution is -2.35. The van der Waals surface area contributed by atoms with Gasteiger partial charge < -0.3 is 19.8 Å². The molecule has 7 nitrogen and oxygen atoms in total. The number of benzene rings is 1. The molecular weight excluding hydrogens is 298 g/mol. The molecule has 1 aromatic heterocycles. The van der Waals surface area contributed by atoms with Crippen LogP contribution in [0.15, 0.2) is 35.2 Å². The number of aromatic nitrogens is 1. The SMILES string of the molecule is CCCCNC(=O)C(=O)Nc1ccc(-c2cnco2)c(OC)c1. The van der Waals surface area contributed by atoms with E-state index in [1.165, 1.54) is 13.5 Å². The van der Waals surface area contributed by atoms with Gasteiger partial charge in [-0.15, -0.1) is 0 Å². The first-order valence-corrected chi connectivity index (χ1v) is 7.31. The highest BCUT2D eigenvalue weighted by molar-refractivity contribution is 6.39. The minimum Gasteiger partial charge on any atom is -0.496 e. The summed E-state index contributed by atoms with van der Waals surface area (Å²) in [4.78, 5) is 27.3. The number of anilines is 1.